The molecule has 0 saturated heterocycles. The lowest BCUT2D eigenvalue weighted by Crippen LogP contribution is -2.26. The fourth-order valence-electron chi connectivity index (χ4n) is 1.62. The van der Waals surface area contributed by atoms with E-state index in [0.29, 0.717) is 18.8 Å². The van der Waals surface area contributed by atoms with Gasteiger partial charge < -0.3 is 19.3 Å². The fourth-order valence-corrected chi connectivity index (χ4v) is 2.84. The van der Waals surface area contributed by atoms with Gasteiger partial charge in [-0.15, -0.1) is 0 Å². The second-order valence-electron chi connectivity index (χ2n) is 4.10. The van der Waals surface area contributed by atoms with Crippen molar-refractivity contribution in [2.24, 2.45) is 0 Å². The highest BCUT2D eigenvalue weighted by Gasteiger charge is 2.19. The molecule has 2 N–H and O–H groups in total. The molecule has 0 radical (unpaired) electrons. The van der Waals surface area contributed by atoms with Crippen molar-refractivity contribution in [1.29, 1.82) is 0 Å². The molecule has 0 spiro atoms. The molecule has 0 amide bonds. The van der Waals surface area contributed by atoms with Gasteiger partial charge in [0.05, 0.1) is 27.4 Å². The molecule has 0 bridgehead atoms. The number of hydrogen-bond acceptors (Lipinski definition) is 6. The Kier molecular flexibility index (Phi) is 7.44. The first-order chi connectivity index (χ1) is 10.0. The number of methoxy groups -OCH3 is 2. The Morgan fingerprint density at radius 3 is 2.57 bits per heavy atom. The third kappa shape index (κ3) is 5.50. The first-order valence-electron chi connectivity index (χ1n) is 6.45. The lowest BCUT2D eigenvalue weighted by molar-refractivity contribution is 0.0913. The van der Waals surface area contributed by atoms with Gasteiger partial charge in [0.2, 0.25) is 10.0 Å². The highest BCUT2D eigenvalue weighted by Crippen LogP contribution is 2.28. The standard InChI is InChI=1S/C13H21NO6S/c1-18-11-4-5-13(12(10-11)19-2)21(16,17)14-6-3-8-20-9-7-15/h4-5,10,14-15H,3,6-9H2,1-2H3. The Labute approximate surface area is 124 Å². The van der Waals surface area contributed by atoms with Gasteiger partial charge in [-0.05, 0) is 18.6 Å². The average molecular weight is 319 g/mol. The zero-order valence-corrected chi connectivity index (χ0v) is 13.0. The van der Waals surface area contributed by atoms with E-state index in [1.165, 1.54) is 26.4 Å². The van der Waals surface area contributed by atoms with Crippen LogP contribution in [0.5, 0.6) is 11.5 Å². The summed E-state index contributed by atoms with van der Waals surface area (Å²) in [5, 5.41) is 8.54. The van der Waals surface area contributed by atoms with E-state index in [1.54, 1.807) is 6.07 Å². The molecule has 0 saturated carbocycles. The minimum atomic E-state index is -3.66. The topological polar surface area (TPSA) is 94.1 Å². The number of nitrogens with one attached hydrogen (secondary N) is 1. The molecule has 1 rings (SSSR count). The van der Waals surface area contributed by atoms with Gasteiger partial charge in [0.15, 0.2) is 0 Å². The van der Waals surface area contributed by atoms with Crippen LogP contribution in [0.25, 0.3) is 0 Å². The zero-order valence-electron chi connectivity index (χ0n) is 12.2. The molecular formula is C13H21NO6S. The molecule has 0 fully saturated rings. The molecule has 0 aliphatic carbocycles. The summed E-state index contributed by atoms with van der Waals surface area (Å²) in [6.07, 6.45) is 0.512. The quantitative estimate of drug-likeness (QED) is 0.606. The first kappa shape index (κ1) is 17.7. The monoisotopic (exact) mass is 319 g/mol. The van der Waals surface area contributed by atoms with E-state index >= 15 is 0 Å². The van der Waals surface area contributed by atoms with Gasteiger partial charge in [-0.2, -0.15) is 0 Å². The molecule has 1 aromatic carbocycles. The van der Waals surface area contributed by atoms with Gasteiger partial charge in [0.25, 0.3) is 0 Å². The number of sulfonamides is 1. The van der Waals surface area contributed by atoms with Gasteiger partial charge in [0.1, 0.15) is 16.4 Å². The van der Waals surface area contributed by atoms with Gasteiger partial charge in [0, 0.05) is 19.2 Å². The molecule has 0 atom stereocenters. The maximum Gasteiger partial charge on any atom is 0.244 e. The summed E-state index contributed by atoms with van der Waals surface area (Å²) in [6, 6.07) is 4.50. The normalized spacial score (nSPS) is 11.4. The minimum absolute atomic E-state index is 0.0469. The fraction of sp³-hybridized carbons (Fsp3) is 0.538. The van der Waals surface area contributed by atoms with Gasteiger partial charge in [-0.3, -0.25) is 0 Å². The molecule has 0 aliphatic heterocycles. The molecule has 21 heavy (non-hydrogen) atoms. The van der Waals surface area contributed by atoms with Crippen molar-refractivity contribution in [1.82, 2.24) is 4.72 Å². The van der Waals surface area contributed by atoms with Crippen LogP contribution in [0.2, 0.25) is 0 Å². The number of rotatable bonds is 10. The van der Waals surface area contributed by atoms with E-state index in [2.05, 4.69) is 4.72 Å². The van der Waals surface area contributed by atoms with Gasteiger partial charge in [-0.25, -0.2) is 13.1 Å². The van der Waals surface area contributed by atoms with Crippen LogP contribution in [0, 0.1) is 0 Å². The summed E-state index contributed by atoms with van der Waals surface area (Å²) < 4.78 is 42.0. The Bertz CT molecular complexity index is 531. The second-order valence-corrected chi connectivity index (χ2v) is 5.84. The third-order valence-electron chi connectivity index (χ3n) is 2.65. The number of aliphatic hydroxyl groups excluding tert-OH is 1. The summed E-state index contributed by atoms with van der Waals surface area (Å²) in [4.78, 5) is 0.0575. The van der Waals surface area contributed by atoms with Gasteiger partial charge >= 0.3 is 0 Å². The predicted octanol–water partition coefficient (Wildman–Crippen LogP) is 0.381. The van der Waals surface area contributed by atoms with E-state index in [4.69, 9.17) is 19.3 Å². The highest BCUT2D eigenvalue weighted by molar-refractivity contribution is 7.89. The third-order valence-corrected chi connectivity index (χ3v) is 4.15. The number of hydrogen-bond donors (Lipinski definition) is 2. The van der Waals surface area contributed by atoms with Gasteiger partial charge in [-0.1, -0.05) is 0 Å². The lowest BCUT2D eigenvalue weighted by atomic mass is 10.3. The Morgan fingerprint density at radius 1 is 1.19 bits per heavy atom. The Balaban J connectivity index is 2.65. The van der Waals surface area contributed by atoms with Crippen LogP contribution in [0.15, 0.2) is 23.1 Å². The first-order valence-corrected chi connectivity index (χ1v) is 7.93. The van der Waals surface area contributed by atoms with E-state index in [0.717, 1.165) is 0 Å². The van der Waals surface area contributed by atoms with Crippen molar-refractivity contribution in [3.05, 3.63) is 18.2 Å². The summed E-state index contributed by atoms with van der Waals surface area (Å²) in [6.45, 7) is 0.819. The summed E-state index contributed by atoms with van der Waals surface area (Å²) in [5.41, 5.74) is 0. The SMILES string of the molecule is COc1ccc(S(=O)(=O)NCCCOCCO)c(OC)c1. The maximum atomic E-state index is 12.2. The second kappa shape index (κ2) is 8.83. The molecule has 0 aromatic heterocycles. The molecule has 1 aromatic rings. The van der Waals surface area contributed by atoms with Crippen molar-refractivity contribution in [3.63, 3.8) is 0 Å². The van der Waals surface area contributed by atoms with Crippen LogP contribution in [0.4, 0.5) is 0 Å². The largest absolute Gasteiger partial charge is 0.497 e. The van der Waals surface area contributed by atoms with Crippen molar-refractivity contribution in [2.75, 3.05) is 40.6 Å². The molecule has 7 nitrogen and oxygen atoms in total. The van der Waals surface area contributed by atoms with E-state index < -0.39 is 10.0 Å². The summed E-state index contributed by atoms with van der Waals surface area (Å²) in [7, 11) is -0.763. The minimum Gasteiger partial charge on any atom is -0.497 e. The molecule has 0 aliphatic rings. The van der Waals surface area contributed by atoms with Crippen molar-refractivity contribution in [2.45, 2.75) is 11.3 Å². The number of ether oxygens (including phenoxy) is 3. The predicted molar refractivity (Wildman–Crippen MR) is 77.3 cm³/mol. The van der Waals surface area contributed by atoms with Crippen molar-refractivity contribution >= 4 is 10.0 Å². The van der Waals surface area contributed by atoms with E-state index in [1.807, 2.05) is 0 Å². The van der Waals surface area contributed by atoms with E-state index in [9.17, 15) is 8.42 Å². The van der Waals surface area contributed by atoms with Crippen molar-refractivity contribution in [3.8, 4) is 11.5 Å². The van der Waals surface area contributed by atoms with E-state index in [-0.39, 0.29) is 30.4 Å². The smallest absolute Gasteiger partial charge is 0.244 e. The number of benzene rings is 1. The maximum absolute atomic E-state index is 12.2. The Morgan fingerprint density at radius 2 is 1.95 bits per heavy atom. The van der Waals surface area contributed by atoms with Crippen LogP contribution in [-0.2, 0) is 14.8 Å². The molecule has 8 heteroatoms. The van der Waals surface area contributed by atoms with Crippen LogP contribution < -0.4 is 14.2 Å². The van der Waals surface area contributed by atoms with Crippen molar-refractivity contribution < 1.29 is 27.7 Å². The molecule has 0 heterocycles. The van der Waals surface area contributed by atoms with Crippen LogP contribution in [-0.4, -0.2) is 54.1 Å². The average Bonchev–Trinajstić information content (AvgIpc) is 2.50. The zero-order chi connectivity index (χ0) is 15.7. The number of aliphatic hydroxyl groups is 1. The summed E-state index contributed by atoms with van der Waals surface area (Å²) >= 11 is 0. The molecule has 120 valence electrons. The lowest BCUT2D eigenvalue weighted by Gasteiger charge is -2.12. The van der Waals surface area contributed by atoms with Crippen LogP contribution >= 0.6 is 0 Å². The summed E-state index contributed by atoms with van der Waals surface area (Å²) in [5.74, 6) is 0.738. The highest BCUT2D eigenvalue weighted by atomic mass is 32.2. The molecule has 0 unspecified atom stereocenters. The van der Waals surface area contributed by atoms with Crippen LogP contribution in [0.3, 0.4) is 0 Å². The molecular weight excluding hydrogens is 298 g/mol. The Hall–Kier alpha value is -1.35. The van der Waals surface area contributed by atoms with Crippen LogP contribution in [0.1, 0.15) is 6.42 Å².